The molecule has 0 bridgehead atoms. The van der Waals surface area contributed by atoms with Gasteiger partial charge in [-0.25, -0.2) is 4.98 Å². The zero-order valence-electron chi connectivity index (χ0n) is 16.4. The molecule has 0 aromatic carbocycles. The van der Waals surface area contributed by atoms with Crippen molar-refractivity contribution in [1.29, 1.82) is 0 Å². The van der Waals surface area contributed by atoms with Crippen LogP contribution >= 0.6 is 0 Å². The number of rotatable bonds is 4. The van der Waals surface area contributed by atoms with Crippen LogP contribution in [0.1, 0.15) is 61.0 Å². The number of hydrogen-bond acceptors (Lipinski definition) is 5. The third-order valence-electron chi connectivity index (χ3n) is 5.41. The lowest BCUT2D eigenvalue weighted by atomic mass is 9.91. The number of alkyl halides is 3. The summed E-state index contributed by atoms with van der Waals surface area (Å²) in [6.07, 6.45) is 0.705. The highest BCUT2D eigenvalue weighted by atomic mass is 19.4. The van der Waals surface area contributed by atoms with Gasteiger partial charge in [-0.15, -0.1) is 0 Å². The van der Waals surface area contributed by atoms with Crippen molar-refractivity contribution < 1.29 is 17.7 Å². The fraction of sp³-hybridized carbons (Fsp3) is 0.476. The molecule has 1 aliphatic rings. The average Bonchev–Trinajstić information content (AvgIpc) is 3.11. The maximum absolute atomic E-state index is 13.8. The summed E-state index contributed by atoms with van der Waals surface area (Å²) in [6.45, 7) is 5.84. The van der Waals surface area contributed by atoms with Crippen LogP contribution in [0.4, 0.5) is 13.2 Å². The number of likely N-dealkylation sites (tertiary alicyclic amines) is 1. The van der Waals surface area contributed by atoms with Crippen LogP contribution in [0, 0.1) is 0 Å². The predicted molar refractivity (Wildman–Crippen MR) is 102 cm³/mol. The van der Waals surface area contributed by atoms with E-state index in [1.165, 1.54) is 0 Å². The maximum atomic E-state index is 13.8. The Balaban J connectivity index is 1.68. The number of fused-ring (bicyclic) bond motifs is 1. The lowest BCUT2D eigenvalue weighted by Gasteiger charge is -2.32. The predicted octanol–water partition coefficient (Wildman–Crippen LogP) is 5.14. The van der Waals surface area contributed by atoms with E-state index in [2.05, 4.69) is 20.0 Å². The summed E-state index contributed by atoms with van der Waals surface area (Å²) in [5.74, 6) is -0.270. The fourth-order valence-electron chi connectivity index (χ4n) is 3.96. The molecule has 1 atom stereocenters. The van der Waals surface area contributed by atoms with E-state index in [0.29, 0.717) is 24.5 Å². The molecule has 4 heterocycles. The first-order valence-electron chi connectivity index (χ1n) is 9.81. The van der Waals surface area contributed by atoms with Gasteiger partial charge in [0.1, 0.15) is 0 Å². The standard InChI is InChI=1S/C21H23F3N4O/c1-13(2)17-9-16(21(22,23)24)18-19(27-29-20(18)26-17)15-6-4-8-28(12-15)11-14-5-3-7-25-10-14/h3,5,7,9-10,13,15H,4,6,8,11-12H2,1-2H3/t15-/m0/s1. The first-order chi connectivity index (χ1) is 13.8. The highest BCUT2D eigenvalue weighted by molar-refractivity contribution is 5.81. The molecule has 1 aliphatic heterocycles. The van der Waals surface area contributed by atoms with Crippen LogP contribution in [0.2, 0.25) is 0 Å². The normalized spacial score (nSPS) is 18.6. The summed E-state index contributed by atoms with van der Waals surface area (Å²) >= 11 is 0. The van der Waals surface area contributed by atoms with E-state index < -0.39 is 11.7 Å². The molecule has 0 radical (unpaired) electrons. The third-order valence-corrected chi connectivity index (χ3v) is 5.41. The molecule has 4 rings (SSSR count). The number of pyridine rings is 2. The van der Waals surface area contributed by atoms with Gasteiger partial charge in [-0.3, -0.25) is 9.88 Å². The number of aromatic nitrogens is 3. The van der Waals surface area contributed by atoms with Crippen LogP contribution in [-0.4, -0.2) is 33.1 Å². The second-order valence-electron chi connectivity index (χ2n) is 7.93. The molecule has 1 fully saturated rings. The molecule has 3 aromatic heterocycles. The lowest BCUT2D eigenvalue weighted by molar-refractivity contribution is -0.136. The topological polar surface area (TPSA) is 55.1 Å². The molecular formula is C21H23F3N4O. The number of halogens is 3. The van der Waals surface area contributed by atoms with Gasteiger partial charge < -0.3 is 4.52 Å². The van der Waals surface area contributed by atoms with Gasteiger partial charge in [0.15, 0.2) is 0 Å². The van der Waals surface area contributed by atoms with Gasteiger partial charge >= 0.3 is 6.18 Å². The molecule has 0 N–H and O–H groups in total. The largest absolute Gasteiger partial charge is 0.417 e. The average molecular weight is 404 g/mol. The molecular weight excluding hydrogens is 381 g/mol. The van der Waals surface area contributed by atoms with E-state index >= 15 is 0 Å². The van der Waals surface area contributed by atoms with Gasteiger partial charge in [-0.05, 0) is 43.0 Å². The van der Waals surface area contributed by atoms with Crippen LogP contribution in [0.5, 0.6) is 0 Å². The van der Waals surface area contributed by atoms with Crippen molar-refractivity contribution in [2.24, 2.45) is 0 Å². The van der Waals surface area contributed by atoms with E-state index in [1.54, 1.807) is 6.20 Å². The SMILES string of the molecule is CC(C)c1cc(C(F)(F)F)c2c([C@H]3CCCN(Cc4cccnc4)C3)noc2n1. The van der Waals surface area contributed by atoms with Crippen LogP contribution in [-0.2, 0) is 12.7 Å². The fourth-order valence-corrected chi connectivity index (χ4v) is 3.96. The van der Waals surface area contributed by atoms with Crippen LogP contribution in [0.3, 0.4) is 0 Å². The molecule has 154 valence electrons. The Morgan fingerprint density at radius 2 is 2.14 bits per heavy atom. The van der Waals surface area contributed by atoms with Gasteiger partial charge in [0.2, 0.25) is 0 Å². The Hall–Kier alpha value is -2.48. The quantitative estimate of drug-likeness (QED) is 0.603. The molecule has 3 aromatic rings. The molecule has 29 heavy (non-hydrogen) atoms. The van der Waals surface area contributed by atoms with Crippen LogP contribution in [0.15, 0.2) is 35.1 Å². The van der Waals surface area contributed by atoms with Gasteiger partial charge in [0.25, 0.3) is 5.71 Å². The molecule has 0 unspecified atom stereocenters. The minimum atomic E-state index is -4.49. The van der Waals surface area contributed by atoms with E-state index in [1.807, 2.05) is 32.2 Å². The molecule has 0 amide bonds. The Morgan fingerprint density at radius 3 is 2.83 bits per heavy atom. The van der Waals surface area contributed by atoms with Gasteiger partial charge in [0, 0.05) is 37.1 Å². The van der Waals surface area contributed by atoms with Crippen molar-refractivity contribution in [3.05, 3.63) is 53.1 Å². The Morgan fingerprint density at radius 1 is 1.31 bits per heavy atom. The van der Waals surface area contributed by atoms with Crippen molar-refractivity contribution in [2.45, 2.75) is 51.2 Å². The molecule has 0 spiro atoms. The van der Waals surface area contributed by atoms with Crippen molar-refractivity contribution in [2.75, 3.05) is 13.1 Å². The molecule has 0 aliphatic carbocycles. The van der Waals surface area contributed by atoms with Crippen LogP contribution in [0.25, 0.3) is 11.1 Å². The second-order valence-corrected chi connectivity index (χ2v) is 7.93. The summed E-state index contributed by atoms with van der Waals surface area (Å²) in [4.78, 5) is 10.7. The Labute approximate surface area is 166 Å². The first kappa shape index (κ1) is 19.8. The number of nitrogens with zero attached hydrogens (tertiary/aromatic N) is 4. The van der Waals surface area contributed by atoms with E-state index in [9.17, 15) is 13.2 Å². The van der Waals surface area contributed by atoms with Gasteiger partial charge in [-0.1, -0.05) is 25.1 Å². The number of piperidine rings is 1. The molecule has 1 saturated heterocycles. The van der Waals surface area contributed by atoms with Crippen LogP contribution < -0.4 is 0 Å². The van der Waals surface area contributed by atoms with Gasteiger partial charge in [-0.2, -0.15) is 13.2 Å². The Bertz CT molecular complexity index is 985. The Kier molecular flexibility index (Phi) is 5.29. The smallest absolute Gasteiger partial charge is 0.336 e. The van der Waals surface area contributed by atoms with Crippen molar-refractivity contribution in [1.82, 2.24) is 20.0 Å². The zero-order chi connectivity index (χ0) is 20.6. The molecule has 8 heteroatoms. The third kappa shape index (κ3) is 4.12. The van der Waals surface area contributed by atoms with E-state index in [-0.39, 0.29) is 22.9 Å². The molecule has 5 nitrogen and oxygen atoms in total. The summed E-state index contributed by atoms with van der Waals surface area (Å²) in [5, 5.41) is 4.07. The summed E-state index contributed by atoms with van der Waals surface area (Å²) < 4.78 is 46.8. The van der Waals surface area contributed by atoms with E-state index in [0.717, 1.165) is 31.0 Å². The van der Waals surface area contributed by atoms with Crippen molar-refractivity contribution in [3.63, 3.8) is 0 Å². The van der Waals surface area contributed by atoms with Crippen molar-refractivity contribution >= 4 is 11.1 Å². The number of hydrogen-bond donors (Lipinski definition) is 0. The highest BCUT2D eigenvalue weighted by Crippen LogP contribution is 2.40. The summed E-state index contributed by atoms with van der Waals surface area (Å²) in [7, 11) is 0. The lowest BCUT2D eigenvalue weighted by Crippen LogP contribution is -2.34. The minimum absolute atomic E-state index is 0.00938. The zero-order valence-corrected chi connectivity index (χ0v) is 16.4. The second kappa shape index (κ2) is 7.74. The monoisotopic (exact) mass is 404 g/mol. The molecule has 0 saturated carbocycles. The maximum Gasteiger partial charge on any atom is 0.417 e. The summed E-state index contributed by atoms with van der Waals surface area (Å²) in [5.41, 5.74) is 1.08. The van der Waals surface area contributed by atoms with Gasteiger partial charge in [0.05, 0.1) is 16.6 Å². The summed E-state index contributed by atoms with van der Waals surface area (Å²) in [6, 6.07) is 5.03. The highest BCUT2D eigenvalue weighted by Gasteiger charge is 2.38. The van der Waals surface area contributed by atoms with E-state index in [4.69, 9.17) is 4.52 Å². The van der Waals surface area contributed by atoms with Crippen molar-refractivity contribution in [3.8, 4) is 0 Å². The first-order valence-corrected chi connectivity index (χ1v) is 9.81. The minimum Gasteiger partial charge on any atom is -0.336 e.